The van der Waals surface area contributed by atoms with Crippen molar-refractivity contribution < 1.29 is 15.0 Å². The minimum Gasteiger partial charge on any atom is -0.396 e. The maximum absolute atomic E-state index is 11.6. The van der Waals surface area contributed by atoms with E-state index in [1.165, 1.54) is 0 Å². The molecule has 0 radical (unpaired) electrons. The van der Waals surface area contributed by atoms with Crippen molar-refractivity contribution in [1.29, 1.82) is 0 Å². The molecule has 0 aliphatic carbocycles. The fourth-order valence-corrected chi connectivity index (χ4v) is 1.42. The molecule has 88 valence electrons. The van der Waals surface area contributed by atoms with E-state index < -0.39 is 0 Å². The first-order valence-corrected chi connectivity index (χ1v) is 5.31. The molecule has 0 heterocycles. The van der Waals surface area contributed by atoms with Gasteiger partial charge in [-0.05, 0) is 12.0 Å². The van der Waals surface area contributed by atoms with Crippen LogP contribution < -0.4 is 5.32 Å². The molecular weight excluding hydrogens is 206 g/mol. The average Bonchev–Trinajstić information content (AvgIpc) is 2.29. The van der Waals surface area contributed by atoms with Gasteiger partial charge in [-0.2, -0.15) is 0 Å². The second-order valence-corrected chi connectivity index (χ2v) is 3.62. The van der Waals surface area contributed by atoms with Gasteiger partial charge < -0.3 is 15.5 Å². The average molecular weight is 223 g/mol. The van der Waals surface area contributed by atoms with Crippen molar-refractivity contribution >= 4 is 5.91 Å². The Hall–Kier alpha value is -1.39. The van der Waals surface area contributed by atoms with Gasteiger partial charge in [0.2, 0.25) is 5.91 Å². The number of hydrogen-bond donors (Lipinski definition) is 3. The summed E-state index contributed by atoms with van der Waals surface area (Å²) in [6.45, 7) is -0.196. The van der Waals surface area contributed by atoms with Crippen molar-refractivity contribution in [3.05, 3.63) is 35.9 Å². The lowest BCUT2D eigenvalue weighted by Gasteiger charge is -2.14. The Balaban J connectivity index is 2.41. The number of carbonyl (C=O) groups is 1. The molecule has 3 N–H and O–H groups in total. The zero-order valence-electron chi connectivity index (χ0n) is 9.10. The Morgan fingerprint density at radius 3 is 2.50 bits per heavy atom. The van der Waals surface area contributed by atoms with Gasteiger partial charge in [-0.15, -0.1) is 0 Å². The molecule has 1 aromatic carbocycles. The number of benzene rings is 1. The first-order valence-electron chi connectivity index (χ1n) is 5.31. The SMILES string of the molecule is O=C(Cc1ccccc1)N[C@@H](CO)CCO. The van der Waals surface area contributed by atoms with Crippen molar-refractivity contribution in [3.8, 4) is 0 Å². The maximum atomic E-state index is 11.6. The molecule has 0 unspecified atom stereocenters. The Bertz CT molecular complexity index is 313. The fraction of sp³-hybridized carbons (Fsp3) is 0.417. The van der Waals surface area contributed by atoms with Crippen LogP contribution in [0.15, 0.2) is 30.3 Å². The highest BCUT2D eigenvalue weighted by Gasteiger charge is 2.10. The molecule has 1 amide bonds. The van der Waals surface area contributed by atoms with Crippen LogP contribution in [-0.4, -0.2) is 35.4 Å². The van der Waals surface area contributed by atoms with E-state index in [0.29, 0.717) is 12.8 Å². The van der Waals surface area contributed by atoms with Crippen LogP contribution in [0.2, 0.25) is 0 Å². The molecule has 1 aromatic rings. The smallest absolute Gasteiger partial charge is 0.224 e. The van der Waals surface area contributed by atoms with Gasteiger partial charge in [-0.3, -0.25) is 4.79 Å². The summed E-state index contributed by atoms with van der Waals surface area (Å²) in [6, 6.07) is 9.03. The predicted molar refractivity (Wildman–Crippen MR) is 60.9 cm³/mol. The quantitative estimate of drug-likeness (QED) is 0.640. The predicted octanol–water partition coefficient (Wildman–Crippen LogP) is 0.0886. The third kappa shape index (κ3) is 4.42. The van der Waals surface area contributed by atoms with Gasteiger partial charge >= 0.3 is 0 Å². The Labute approximate surface area is 94.9 Å². The number of aliphatic hydroxyl groups excluding tert-OH is 2. The van der Waals surface area contributed by atoms with Crippen molar-refractivity contribution in [2.45, 2.75) is 18.9 Å². The summed E-state index contributed by atoms with van der Waals surface area (Å²) in [5, 5.41) is 20.3. The molecule has 0 saturated carbocycles. The highest BCUT2D eigenvalue weighted by molar-refractivity contribution is 5.78. The second-order valence-electron chi connectivity index (χ2n) is 3.62. The minimum absolute atomic E-state index is 0.0448. The molecule has 4 heteroatoms. The number of hydrogen-bond acceptors (Lipinski definition) is 3. The van der Waals surface area contributed by atoms with Gasteiger partial charge in [0.25, 0.3) is 0 Å². The zero-order valence-corrected chi connectivity index (χ0v) is 9.10. The van der Waals surface area contributed by atoms with Gasteiger partial charge in [-0.25, -0.2) is 0 Å². The van der Waals surface area contributed by atoms with Crippen LogP contribution in [0.1, 0.15) is 12.0 Å². The second kappa shape index (κ2) is 6.98. The fourth-order valence-electron chi connectivity index (χ4n) is 1.42. The van der Waals surface area contributed by atoms with Gasteiger partial charge in [0.05, 0.1) is 19.1 Å². The van der Waals surface area contributed by atoms with Crippen LogP contribution in [-0.2, 0) is 11.2 Å². The third-order valence-electron chi connectivity index (χ3n) is 2.27. The first kappa shape index (κ1) is 12.7. The van der Waals surface area contributed by atoms with Gasteiger partial charge in [-0.1, -0.05) is 30.3 Å². The molecule has 0 bridgehead atoms. The van der Waals surface area contributed by atoms with E-state index in [0.717, 1.165) is 5.56 Å². The molecule has 1 atom stereocenters. The van der Waals surface area contributed by atoms with Gasteiger partial charge in [0.1, 0.15) is 0 Å². The van der Waals surface area contributed by atoms with E-state index in [2.05, 4.69) is 5.32 Å². The molecule has 1 rings (SSSR count). The van der Waals surface area contributed by atoms with Crippen molar-refractivity contribution in [1.82, 2.24) is 5.32 Å². The Morgan fingerprint density at radius 2 is 1.94 bits per heavy atom. The number of nitrogens with one attached hydrogen (secondary N) is 1. The van der Waals surface area contributed by atoms with E-state index in [1.54, 1.807) is 0 Å². The van der Waals surface area contributed by atoms with Crippen molar-refractivity contribution in [2.24, 2.45) is 0 Å². The topological polar surface area (TPSA) is 69.6 Å². The highest BCUT2D eigenvalue weighted by Crippen LogP contribution is 2.00. The maximum Gasteiger partial charge on any atom is 0.224 e. The molecule has 0 fully saturated rings. The lowest BCUT2D eigenvalue weighted by molar-refractivity contribution is -0.121. The Kier molecular flexibility index (Phi) is 5.53. The largest absolute Gasteiger partial charge is 0.396 e. The molecule has 0 aliphatic rings. The van der Waals surface area contributed by atoms with E-state index in [4.69, 9.17) is 10.2 Å². The molecule has 4 nitrogen and oxygen atoms in total. The monoisotopic (exact) mass is 223 g/mol. The van der Waals surface area contributed by atoms with Crippen LogP contribution in [0.25, 0.3) is 0 Å². The summed E-state index contributed by atoms with van der Waals surface area (Å²) in [4.78, 5) is 11.6. The summed E-state index contributed by atoms with van der Waals surface area (Å²) in [6.07, 6.45) is 0.666. The van der Waals surface area contributed by atoms with Crippen LogP contribution in [0, 0.1) is 0 Å². The van der Waals surface area contributed by atoms with E-state index >= 15 is 0 Å². The number of rotatable bonds is 6. The first-order chi connectivity index (χ1) is 7.76. The molecular formula is C12H17NO3. The van der Waals surface area contributed by atoms with Gasteiger partial charge in [0.15, 0.2) is 0 Å². The summed E-state index contributed by atoms with van der Waals surface area (Å²) < 4.78 is 0. The minimum atomic E-state index is -0.360. The molecule has 16 heavy (non-hydrogen) atoms. The summed E-state index contributed by atoms with van der Waals surface area (Å²) in [7, 11) is 0. The summed E-state index contributed by atoms with van der Waals surface area (Å²) in [5.41, 5.74) is 0.931. The summed E-state index contributed by atoms with van der Waals surface area (Å²) in [5.74, 6) is -0.140. The lowest BCUT2D eigenvalue weighted by Crippen LogP contribution is -2.38. The van der Waals surface area contributed by atoms with E-state index in [1.807, 2.05) is 30.3 Å². The number of aliphatic hydroxyl groups is 2. The van der Waals surface area contributed by atoms with Crippen LogP contribution >= 0.6 is 0 Å². The van der Waals surface area contributed by atoms with Crippen molar-refractivity contribution in [2.75, 3.05) is 13.2 Å². The Morgan fingerprint density at radius 1 is 1.25 bits per heavy atom. The molecule has 0 aromatic heterocycles. The van der Waals surface area contributed by atoms with Crippen LogP contribution in [0.5, 0.6) is 0 Å². The normalized spacial score (nSPS) is 12.1. The van der Waals surface area contributed by atoms with Crippen LogP contribution in [0.3, 0.4) is 0 Å². The van der Waals surface area contributed by atoms with E-state index in [9.17, 15) is 4.79 Å². The van der Waals surface area contributed by atoms with Crippen molar-refractivity contribution in [3.63, 3.8) is 0 Å². The summed E-state index contributed by atoms with van der Waals surface area (Å²) >= 11 is 0. The zero-order chi connectivity index (χ0) is 11.8. The number of carbonyl (C=O) groups excluding carboxylic acids is 1. The molecule has 0 aliphatic heterocycles. The highest BCUT2D eigenvalue weighted by atomic mass is 16.3. The van der Waals surface area contributed by atoms with Gasteiger partial charge in [0, 0.05) is 6.61 Å². The third-order valence-corrected chi connectivity index (χ3v) is 2.27. The van der Waals surface area contributed by atoms with Crippen LogP contribution in [0.4, 0.5) is 0 Å². The molecule has 0 saturated heterocycles. The lowest BCUT2D eigenvalue weighted by atomic mass is 10.1. The molecule has 0 spiro atoms. The number of amides is 1. The standard InChI is InChI=1S/C12H17NO3/c14-7-6-11(9-15)13-12(16)8-10-4-2-1-3-5-10/h1-5,11,14-15H,6-9H2,(H,13,16)/t11-/m1/s1. The van der Waals surface area contributed by atoms with E-state index in [-0.39, 0.29) is 25.2 Å².